The largest absolute Gasteiger partial charge is 0.380 e. The third-order valence-corrected chi connectivity index (χ3v) is 2.93. The van der Waals surface area contributed by atoms with Gasteiger partial charge in [-0.1, -0.05) is 30.1 Å². The molecular formula is C13H14O. The van der Waals surface area contributed by atoms with Gasteiger partial charge < -0.3 is 5.11 Å². The van der Waals surface area contributed by atoms with E-state index in [0.29, 0.717) is 11.8 Å². The van der Waals surface area contributed by atoms with Crippen molar-refractivity contribution in [3.05, 3.63) is 12.2 Å². The van der Waals surface area contributed by atoms with Gasteiger partial charge in [-0.2, -0.15) is 0 Å². The molecule has 0 radical (unpaired) electrons. The quantitative estimate of drug-likeness (QED) is 0.571. The molecule has 0 aromatic carbocycles. The van der Waals surface area contributed by atoms with Crippen LogP contribution in [-0.2, 0) is 0 Å². The molecule has 2 bridgehead atoms. The van der Waals surface area contributed by atoms with E-state index in [4.69, 9.17) is 0 Å². The Morgan fingerprint density at radius 3 is 2.71 bits per heavy atom. The lowest BCUT2D eigenvalue weighted by molar-refractivity contribution is 0.122. The van der Waals surface area contributed by atoms with Crippen LogP contribution in [0, 0.1) is 35.5 Å². The van der Waals surface area contributed by atoms with Crippen molar-refractivity contribution in [1.29, 1.82) is 0 Å². The van der Waals surface area contributed by atoms with Gasteiger partial charge in [-0.3, -0.25) is 0 Å². The highest BCUT2D eigenvalue weighted by molar-refractivity contribution is 5.27. The Bertz CT molecular complexity index is 323. The van der Waals surface area contributed by atoms with Crippen LogP contribution in [0.3, 0.4) is 0 Å². The first-order valence-corrected chi connectivity index (χ1v) is 5.21. The molecule has 3 unspecified atom stereocenters. The maximum absolute atomic E-state index is 9.79. The second-order valence-electron chi connectivity index (χ2n) is 3.98. The Kier molecular flexibility index (Phi) is 2.92. The summed E-state index contributed by atoms with van der Waals surface area (Å²) in [7, 11) is 0. The minimum atomic E-state index is -0.456. The normalized spacial score (nSPS) is 34.8. The summed E-state index contributed by atoms with van der Waals surface area (Å²) in [5.74, 6) is 12.7. The number of hydrogen-bond donors (Lipinski definition) is 1. The van der Waals surface area contributed by atoms with Crippen molar-refractivity contribution < 1.29 is 5.11 Å². The minimum Gasteiger partial charge on any atom is -0.380 e. The summed E-state index contributed by atoms with van der Waals surface area (Å²) in [5, 5.41) is 9.79. The molecule has 0 amide bonds. The second-order valence-corrected chi connectivity index (χ2v) is 3.98. The zero-order chi connectivity index (χ0) is 9.80. The van der Waals surface area contributed by atoms with Crippen molar-refractivity contribution >= 4 is 0 Å². The second kappa shape index (κ2) is 4.36. The van der Waals surface area contributed by atoms with Crippen LogP contribution >= 0.6 is 0 Å². The molecule has 1 saturated carbocycles. The van der Waals surface area contributed by atoms with Crippen molar-refractivity contribution in [3.8, 4) is 23.7 Å². The average molecular weight is 186 g/mol. The molecule has 3 atom stereocenters. The number of fused-ring (bicyclic) bond motifs is 2. The van der Waals surface area contributed by atoms with E-state index in [0.717, 1.165) is 12.8 Å². The number of aliphatic hydroxyl groups is 1. The third-order valence-electron chi connectivity index (χ3n) is 2.93. The molecule has 1 fully saturated rings. The zero-order valence-corrected chi connectivity index (χ0v) is 8.16. The SMILES string of the molecule is OC1C#CC=CC#CC2CCCC1C2. The first-order valence-electron chi connectivity index (χ1n) is 5.21. The predicted molar refractivity (Wildman–Crippen MR) is 56.1 cm³/mol. The van der Waals surface area contributed by atoms with Gasteiger partial charge in [0, 0.05) is 5.92 Å². The van der Waals surface area contributed by atoms with Crippen molar-refractivity contribution in [2.75, 3.05) is 0 Å². The fourth-order valence-corrected chi connectivity index (χ4v) is 2.15. The smallest absolute Gasteiger partial charge is 0.117 e. The van der Waals surface area contributed by atoms with E-state index in [2.05, 4.69) is 23.7 Å². The van der Waals surface area contributed by atoms with Crippen molar-refractivity contribution in [3.63, 3.8) is 0 Å². The molecule has 2 aliphatic carbocycles. The van der Waals surface area contributed by atoms with Gasteiger partial charge in [-0.25, -0.2) is 0 Å². The summed E-state index contributed by atoms with van der Waals surface area (Å²) in [6.45, 7) is 0. The highest BCUT2D eigenvalue weighted by atomic mass is 16.3. The van der Waals surface area contributed by atoms with E-state index in [1.54, 1.807) is 12.2 Å². The van der Waals surface area contributed by atoms with Gasteiger partial charge in [-0.05, 0) is 37.3 Å². The van der Waals surface area contributed by atoms with Crippen LogP contribution in [0.5, 0.6) is 0 Å². The van der Waals surface area contributed by atoms with E-state index < -0.39 is 6.10 Å². The van der Waals surface area contributed by atoms with Crippen LogP contribution in [0.15, 0.2) is 12.2 Å². The molecule has 0 aromatic heterocycles. The number of allylic oxidation sites excluding steroid dienone is 2. The van der Waals surface area contributed by atoms with Crippen LogP contribution in [0.25, 0.3) is 0 Å². The number of rotatable bonds is 0. The highest BCUT2D eigenvalue weighted by Gasteiger charge is 2.25. The van der Waals surface area contributed by atoms with E-state index in [-0.39, 0.29) is 0 Å². The van der Waals surface area contributed by atoms with Crippen molar-refractivity contribution in [2.24, 2.45) is 11.8 Å². The van der Waals surface area contributed by atoms with Gasteiger partial charge in [0.15, 0.2) is 0 Å². The van der Waals surface area contributed by atoms with Crippen molar-refractivity contribution in [2.45, 2.75) is 31.8 Å². The van der Waals surface area contributed by atoms with Crippen LogP contribution in [0.1, 0.15) is 25.7 Å². The molecule has 0 spiro atoms. The van der Waals surface area contributed by atoms with E-state index >= 15 is 0 Å². The van der Waals surface area contributed by atoms with Crippen LogP contribution < -0.4 is 0 Å². The summed E-state index contributed by atoms with van der Waals surface area (Å²) in [6, 6.07) is 0. The Morgan fingerprint density at radius 2 is 1.86 bits per heavy atom. The molecule has 1 N–H and O–H groups in total. The van der Waals surface area contributed by atoms with Crippen molar-refractivity contribution in [1.82, 2.24) is 0 Å². The molecule has 14 heavy (non-hydrogen) atoms. The molecule has 72 valence electrons. The Hall–Kier alpha value is -1.18. The first kappa shape index (κ1) is 9.38. The van der Waals surface area contributed by atoms with Gasteiger partial charge in [0.05, 0.1) is 0 Å². The molecular weight excluding hydrogens is 172 g/mol. The lowest BCUT2D eigenvalue weighted by Gasteiger charge is -2.27. The fraction of sp³-hybridized carbons (Fsp3) is 0.538. The molecule has 0 saturated heterocycles. The number of hydrogen-bond acceptors (Lipinski definition) is 1. The summed E-state index contributed by atoms with van der Waals surface area (Å²) in [6.07, 6.45) is 7.49. The molecule has 1 nitrogen and oxygen atoms in total. The maximum Gasteiger partial charge on any atom is 0.117 e. The van der Waals surface area contributed by atoms with E-state index in [1.807, 2.05) is 0 Å². The lowest BCUT2D eigenvalue weighted by Crippen LogP contribution is -2.25. The average Bonchev–Trinajstić information content (AvgIpc) is 2.22. The first-order chi connectivity index (χ1) is 6.86. The highest BCUT2D eigenvalue weighted by Crippen LogP contribution is 2.30. The van der Waals surface area contributed by atoms with Gasteiger partial charge in [0.25, 0.3) is 0 Å². The molecule has 1 heteroatoms. The van der Waals surface area contributed by atoms with E-state index in [9.17, 15) is 5.11 Å². The third kappa shape index (κ3) is 2.19. The van der Waals surface area contributed by atoms with Gasteiger partial charge >= 0.3 is 0 Å². The standard InChI is InChI=1S/C13H14O/c14-13-9-4-2-1-3-6-11-7-5-8-12(13)10-11/h1-2,11-14H,5,7-8,10H2. The molecule has 0 heterocycles. The molecule has 2 rings (SSSR count). The summed E-state index contributed by atoms with van der Waals surface area (Å²) in [5.41, 5.74) is 0. The zero-order valence-electron chi connectivity index (χ0n) is 8.16. The van der Waals surface area contributed by atoms with E-state index in [1.165, 1.54) is 12.8 Å². The van der Waals surface area contributed by atoms with Gasteiger partial charge in [0.1, 0.15) is 6.10 Å². The Labute approximate surface area is 85.2 Å². The van der Waals surface area contributed by atoms with Crippen LogP contribution in [-0.4, -0.2) is 11.2 Å². The molecule has 0 aromatic rings. The predicted octanol–water partition coefficient (Wildman–Crippen LogP) is 1.73. The fourth-order valence-electron chi connectivity index (χ4n) is 2.15. The van der Waals surface area contributed by atoms with Crippen LogP contribution in [0.4, 0.5) is 0 Å². The minimum absolute atomic E-state index is 0.335. The van der Waals surface area contributed by atoms with Crippen LogP contribution in [0.2, 0.25) is 0 Å². The number of aliphatic hydroxyl groups excluding tert-OH is 1. The van der Waals surface area contributed by atoms with Gasteiger partial charge in [-0.15, -0.1) is 0 Å². The Morgan fingerprint density at radius 1 is 1.07 bits per heavy atom. The topological polar surface area (TPSA) is 20.2 Å². The monoisotopic (exact) mass is 186 g/mol. The Balaban J connectivity index is 2.21. The summed E-state index contributed by atoms with van der Waals surface area (Å²) in [4.78, 5) is 0. The summed E-state index contributed by atoms with van der Waals surface area (Å²) >= 11 is 0. The summed E-state index contributed by atoms with van der Waals surface area (Å²) < 4.78 is 0. The molecule has 2 aliphatic rings. The molecule has 0 aliphatic heterocycles. The lowest BCUT2D eigenvalue weighted by atomic mass is 9.79. The van der Waals surface area contributed by atoms with Gasteiger partial charge in [0.2, 0.25) is 0 Å². The maximum atomic E-state index is 9.79.